The van der Waals surface area contributed by atoms with Gasteiger partial charge in [0.05, 0.1) is 19.8 Å². The fraction of sp³-hybridized carbons (Fsp3) is 0.263. The van der Waals surface area contributed by atoms with Crippen molar-refractivity contribution in [3.05, 3.63) is 53.6 Å². The maximum absolute atomic E-state index is 12.5. The van der Waals surface area contributed by atoms with Crippen LogP contribution in [0.15, 0.2) is 42.5 Å². The predicted octanol–water partition coefficient (Wildman–Crippen LogP) is 2.85. The molecule has 0 saturated heterocycles. The van der Waals surface area contributed by atoms with Crippen LogP contribution in [0.5, 0.6) is 11.5 Å². The average molecular weight is 340 g/mol. The van der Waals surface area contributed by atoms with Crippen LogP contribution in [0.1, 0.15) is 33.6 Å². The summed E-state index contributed by atoms with van der Waals surface area (Å²) in [7, 11) is 3.04. The molecule has 2 aromatic rings. The molecule has 0 heterocycles. The second-order valence-corrected chi connectivity index (χ2v) is 5.85. The number of rotatable bonds is 6. The van der Waals surface area contributed by atoms with Gasteiger partial charge in [0.2, 0.25) is 0 Å². The molecule has 0 spiro atoms. The monoisotopic (exact) mass is 340 g/mol. The number of anilines is 1. The Kier molecular flexibility index (Phi) is 4.88. The van der Waals surface area contributed by atoms with E-state index < -0.39 is 0 Å². The van der Waals surface area contributed by atoms with E-state index in [0.717, 1.165) is 12.8 Å². The first-order chi connectivity index (χ1) is 12.1. The third-order valence-electron chi connectivity index (χ3n) is 3.97. The van der Waals surface area contributed by atoms with Crippen molar-refractivity contribution in [3.8, 4) is 11.5 Å². The van der Waals surface area contributed by atoms with Gasteiger partial charge in [-0.15, -0.1) is 0 Å². The van der Waals surface area contributed by atoms with Crippen molar-refractivity contribution in [3.63, 3.8) is 0 Å². The number of nitrogens with one attached hydrogen (secondary N) is 2. The van der Waals surface area contributed by atoms with Gasteiger partial charge in [-0.05, 0) is 55.3 Å². The van der Waals surface area contributed by atoms with Gasteiger partial charge >= 0.3 is 0 Å². The van der Waals surface area contributed by atoms with Crippen LogP contribution >= 0.6 is 0 Å². The smallest absolute Gasteiger partial charge is 0.259 e. The van der Waals surface area contributed by atoms with E-state index in [4.69, 9.17) is 9.47 Å². The fourth-order valence-electron chi connectivity index (χ4n) is 2.39. The van der Waals surface area contributed by atoms with E-state index >= 15 is 0 Å². The van der Waals surface area contributed by atoms with E-state index in [1.807, 2.05) is 0 Å². The molecule has 1 saturated carbocycles. The lowest BCUT2D eigenvalue weighted by Gasteiger charge is -2.11. The van der Waals surface area contributed by atoms with E-state index in [2.05, 4.69) is 10.6 Å². The fourth-order valence-corrected chi connectivity index (χ4v) is 2.39. The molecule has 2 N–H and O–H groups in total. The van der Waals surface area contributed by atoms with Gasteiger partial charge in [0, 0.05) is 17.3 Å². The lowest BCUT2D eigenvalue weighted by atomic mass is 10.1. The summed E-state index contributed by atoms with van der Waals surface area (Å²) in [5.74, 6) is 0.623. The summed E-state index contributed by atoms with van der Waals surface area (Å²) >= 11 is 0. The zero-order valence-electron chi connectivity index (χ0n) is 14.2. The number of amides is 2. The number of methoxy groups -OCH3 is 2. The van der Waals surface area contributed by atoms with E-state index in [1.54, 1.807) is 42.5 Å². The SMILES string of the molecule is COc1ccc(OC)c(C(=O)Nc2ccc(C(=O)NC3CC3)cc2)c1. The number of carbonyl (C=O) groups is 2. The number of benzene rings is 2. The van der Waals surface area contributed by atoms with Gasteiger partial charge in [0.15, 0.2) is 0 Å². The van der Waals surface area contributed by atoms with Crippen LogP contribution < -0.4 is 20.1 Å². The zero-order chi connectivity index (χ0) is 17.8. The highest BCUT2D eigenvalue weighted by Gasteiger charge is 2.23. The molecule has 25 heavy (non-hydrogen) atoms. The highest BCUT2D eigenvalue weighted by molar-refractivity contribution is 6.06. The van der Waals surface area contributed by atoms with Crippen molar-refractivity contribution < 1.29 is 19.1 Å². The first-order valence-electron chi connectivity index (χ1n) is 8.05. The van der Waals surface area contributed by atoms with Crippen molar-refractivity contribution in [2.24, 2.45) is 0 Å². The van der Waals surface area contributed by atoms with Crippen molar-refractivity contribution in [1.82, 2.24) is 5.32 Å². The summed E-state index contributed by atoms with van der Waals surface area (Å²) in [4.78, 5) is 24.5. The second kappa shape index (κ2) is 7.25. The van der Waals surface area contributed by atoms with Gasteiger partial charge in [0.1, 0.15) is 11.5 Å². The van der Waals surface area contributed by atoms with Crippen LogP contribution in [-0.2, 0) is 0 Å². The number of hydrogen-bond donors (Lipinski definition) is 2. The summed E-state index contributed by atoms with van der Waals surface area (Å²) in [6, 6.07) is 12.1. The van der Waals surface area contributed by atoms with Gasteiger partial charge in [-0.1, -0.05) is 0 Å². The van der Waals surface area contributed by atoms with Crippen LogP contribution in [0.25, 0.3) is 0 Å². The summed E-state index contributed by atoms with van der Waals surface area (Å²) in [6.07, 6.45) is 2.09. The number of carbonyl (C=O) groups excluding carboxylic acids is 2. The molecule has 2 amide bonds. The van der Waals surface area contributed by atoms with Crippen LogP contribution in [0.3, 0.4) is 0 Å². The van der Waals surface area contributed by atoms with E-state index in [9.17, 15) is 9.59 Å². The molecule has 0 aliphatic heterocycles. The van der Waals surface area contributed by atoms with Gasteiger partial charge < -0.3 is 20.1 Å². The van der Waals surface area contributed by atoms with Crippen LogP contribution in [0.4, 0.5) is 5.69 Å². The highest BCUT2D eigenvalue weighted by atomic mass is 16.5. The van der Waals surface area contributed by atoms with Crippen molar-refractivity contribution in [2.75, 3.05) is 19.5 Å². The Morgan fingerprint density at radius 2 is 1.68 bits per heavy atom. The predicted molar refractivity (Wildman–Crippen MR) is 94.4 cm³/mol. The summed E-state index contributed by atoms with van der Waals surface area (Å²) in [6.45, 7) is 0. The summed E-state index contributed by atoms with van der Waals surface area (Å²) in [5.41, 5.74) is 1.54. The molecule has 0 atom stereocenters. The van der Waals surface area contributed by atoms with Gasteiger partial charge in [-0.25, -0.2) is 0 Å². The normalized spacial score (nSPS) is 13.0. The van der Waals surface area contributed by atoms with Crippen LogP contribution in [0, 0.1) is 0 Å². The molecule has 2 aromatic carbocycles. The van der Waals surface area contributed by atoms with E-state index in [-0.39, 0.29) is 11.8 Å². The lowest BCUT2D eigenvalue weighted by Crippen LogP contribution is -2.25. The van der Waals surface area contributed by atoms with E-state index in [0.29, 0.717) is 34.4 Å². The molecule has 0 aromatic heterocycles. The molecule has 1 fully saturated rings. The topological polar surface area (TPSA) is 76.7 Å². The van der Waals surface area contributed by atoms with Crippen molar-refractivity contribution >= 4 is 17.5 Å². The Morgan fingerprint density at radius 3 is 2.28 bits per heavy atom. The van der Waals surface area contributed by atoms with Crippen LogP contribution in [-0.4, -0.2) is 32.1 Å². The molecular weight excluding hydrogens is 320 g/mol. The number of ether oxygens (including phenoxy) is 2. The van der Waals surface area contributed by atoms with Crippen LogP contribution in [0.2, 0.25) is 0 Å². The number of hydrogen-bond acceptors (Lipinski definition) is 4. The summed E-state index contributed by atoms with van der Waals surface area (Å²) < 4.78 is 10.4. The zero-order valence-corrected chi connectivity index (χ0v) is 14.2. The Morgan fingerprint density at radius 1 is 0.960 bits per heavy atom. The lowest BCUT2D eigenvalue weighted by molar-refractivity contribution is 0.0950. The molecule has 6 heteroatoms. The molecule has 1 aliphatic carbocycles. The minimum absolute atomic E-state index is 0.0881. The Bertz CT molecular complexity index is 783. The third-order valence-corrected chi connectivity index (χ3v) is 3.97. The Hall–Kier alpha value is -3.02. The van der Waals surface area contributed by atoms with Crippen molar-refractivity contribution in [1.29, 1.82) is 0 Å². The standard InChI is InChI=1S/C19H20N2O4/c1-24-15-9-10-17(25-2)16(11-15)19(23)21-13-5-3-12(4-6-13)18(22)20-14-7-8-14/h3-6,9-11,14H,7-8H2,1-2H3,(H,20,22)(H,21,23). The minimum Gasteiger partial charge on any atom is -0.497 e. The van der Waals surface area contributed by atoms with Gasteiger partial charge in [-0.2, -0.15) is 0 Å². The third kappa shape index (κ3) is 4.09. The Labute approximate surface area is 146 Å². The average Bonchev–Trinajstić information content (AvgIpc) is 3.45. The van der Waals surface area contributed by atoms with E-state index in [1.165, 1.54) is 14.2 Å². The molecular formula is C19H20N2O4. The summed E-state index contributed by atoms with van der Waals surface area (Å²) in [5, 5.41) is 5.72. The molecule has 1 aliphatic rings. The maximum Gasteiger partial charge on any atom is 0.259 e. The molecule has 0 radical (unpaired) electrons. The minimum atomic E-state index is -0.314. The maximum atomic E-state index is 12.5. The molecule has 0 bridgehead atoms. The quantitative estimate of drug-likeness (QED) is 0.848. The molecule has 0 unspecified atom stereocenters. The molecule has 6 nitrogen and oxygen atoms in total. The van der Waals surface area contributed by atoms with Crippen molar-refractivity contribution in [2.45, 2.75) is 18.9 Å². The van der Waals surface area contributed by atoms with Gasteiger partial charge in [0.25, 0.3) is 11.8 Å². The first kappa shape index (κ1) is 16.8. The first-order valence-corrected chi connectivity index (χ1v) is 8.05. The van der Waals surface area contributed by atoms with Gasteiger partial charge in [-0.3, -0.25) is 9.59 Å². The highest BCUT2D eigenvalue weighted by Crippen LogP contribution is 2.25. The second-order valence-electron chi connectivity index (χ2n) is 5.85. The Balaban J connectivity index is 1.71. The molecule has 130 valence electrons. The molecule has 3 rings (SSSR count). The largest absolute Gasteiger partial charge is 0.497 e.